The minimum Gasteiger partial charge on any atom is -0.393 e. The van der Waals surface area contributed by atoms with Crippen molar-refractivity contribution in [2.45, 2.75) is 30.1 Å². The van der Waals surface area contributed by atoms with Crippen LogP contribution in [0.4, 0.5) is 0 Å². The summed E-state index contributed by atoms with van der Waals surface area (Å²) < 4.78 is 5.03. The lowest BCUT2D eigenvalue weighted by atomic mass is 10.3. The molecule has 1 aromatic heterocycles. The Morgan fingerprint density at radius 2 is 2.11 bits per heavy atom. The maximum atomic E-state index is 9.20. The molecule has 6 heteroatoms. The molecule has 1 aromatic carbocycles. The summed E-state index contributed by atoms with van der Waals surface area (Å²) in [6.07, 6.45) is -0.0827. The number of halogens is 1. The molecule has 0 aliphatic heterocycles. The molecule has 0 bridgehead atoms. The maximum absolute atomic E-state index is 9.20. The third kappa shape index (κ3) is 4.01. The Bertz CT molecular complexity index is 499. The van der Waals surface area contributed by atoms with Crippen molar-refractivity contribution >= 4 is 23.4 Å². The fourth-order valence-corrected chi connectivity index (χ4v) is 2.23. The van der Waals surface area contributed by atoms with Gasteiger partial charge in [0.2, 0.25) is 5.89 Å². The first-order valence-electron chi connectivity index (χ1n) is 5.51. The summed E-state index contributed by atoms with van der Waals surface area (Å²) in [6, 6.07) is 7.59. The molecule has 1 unspecified atom stereocenters. The number of hydrogen-bond donors (Lipinski definition) is 1. The molecule has 96 valence electrons. The smallest absolute Gasteiger partial charge is 0.229 e. The minimum atomic E-state index is -0.470. The molecule has 0 saturated carbocycles. The van der Waals surface area contributed by atoms with E-state index < -0.39 is 6.10 Å². The van der Waals surface area contributed by atoms with Gasteiger partial charge >= 0.3 is 0 Å². The maximum Gasteiger partial charge on any atom is 0.229 e. The number of aromatic nitrogens is 2. The van der Waals surface area contributed by atoms with Crippen LogP contribution < -0.4 is 0 Å². The van der Waals surface area contributed by atoms with E-state index in [9.17, 15) is 5.11 Å². The normalized spacial score (nSPS) is 12.6. The average Bonchev–Trinajstić information content (AvgIpc) is 2.75. The summed E-state index contributed by atoms with van der Waals surface area (Å²) in [6.45, 7) is 1.69. The molecular formula is C12H13ClN2O2S. The van der Waals surface area contributed by atoms with Crippen LogP contribution in [0.2, 0.25) is 5.02 Å². The number of aliphatic hydroxyl groups excluding tert-OH is 1. The van der Waals surface area contributed by atoms with Gasteiger partial charge in [-0.25, -0.2) is 0 Å². The van der Waals surface area contributed by atoms with Crippen LogP contribution in [0.5, 0.6) is 0 Å². The van der Waals surface area contributed by atoms with Crippen LogP contribution in [-0.4, -0.2) is 21.4 Å². The molecule has 0 fully saturated rings. The minimum absolute atomic E-state index is 0.388. The lowest BCUT2D eigenvalue weighted by Crippen LogP contribution is -2.04. The van der Waals surface area contributed by atoms with E-state index in [1.807, 2.05) is 24.3 Å². The van der Waals surface area contributed by atoms with E-state index in [0.29, 0.717) is 23.9 Å². The highest BCUT2D eigenvalue weighted by atomic mass is 35.5. The second-order valence-electron chi connectivity index (χ2n) is 3.90. The van der Waals surface area contributed by atoms with Gasteiger partial charge in [-0.3, -0.25) is 0 Å². The SMILES string of the molecule is CC(O)Cc1nc(CSc2ccc(Cl)cc2)no1. The summed E-state index contributed by atoms with van der Waals surface area (Å²) in [4.78, 5) is 5.30. The molecule has 0 amide bonds. The van der Waals surface area contributed by atoms with E-state index in [4.69, 9.17) is 16.1 Å². The van der Waals surface area contributed by atoms with Crippen LogP contribution in [0, 0.1) is 0 Å². The molecule has 2 rings (SSSR count). The Hall–Kier alpha value is -1.04. The van der Waals surface area contributed by atoms with Crippen molar-refractivity contribution in [2.75, 3.05) is 0 Å². The first-order valence-corrected chi connectivity index (χ1v) is 6.88. The second-order valence-corrected chi connectivity index (χ2v) is 5.39. The number of thioether (sulfide) groups is 1. The van der Waals surface area contributed by atoms with Gasteiger partial charge in [-0.2, -0.15) is 4.98 Å². The number of rotatable bonds is 5. The third-order valence-electron chi connectivity index (χ3n) is 2.16. The second kappa shape index (κ2) is 6.22. The standard InChI is InChI=1S/C12H13ClN2O2S/c1-8(16)6-12-14-11(15-17-12)7-18-10-4-2-9(13)3-5-10/h2-5,8,16H,6-7H2,1H3. The van der Waals surface area contributed by atoms with Crippen molar-refractivity contribution in [2.24, 2.45) is 0 Å². The highest BCUT2D eigenvalue weighted by Gasteiger charge is 2.09. The Kier molecular flexibility index (Phi) is 4.63. The van der Waals surface area contributed by atoms with Crippen molar-refractivity contribution < 1.29 is 9.63 Å². The van der Waals surface area contributed by atoms with Crippen molar-refractivity contribution in [3.8, 4) is 0 Å². The van der Waals surface area contributed by atoms with Gasteiger partial charge in [-0.1, -0.05) is 16.8 Å². The summed E-state index contributed by atoms with van der Waals surface area (Å²) in [7, 11) is 0. The van der Waals surface area contributed by atoms with Crippen LogP contribution in [0.3, 0.4) is 0 Å². The van der Waals surface area contributed by atoms with Crippen LogP contribution >= 0.6 is 23.4 Å². The molecule has 0 aliphatic carbocycles. The topological polar surface area (TPSA) is 59.2 Å². The first kappa shape index (κ1) is 13.4. The number of benzene rings is 1. The quantitative estimate of drug-likeness (QED) is 0.856. The molecule has 0 saturated heterocycles. The van der Waals surface area contributed by atoms with Crippen molar-refractivity contribution in [3.05, 3.63) is 41.0 Å². The van der Waals surface area contributed by atoms with E-state index in [1.54, 1.807) is 18.7 Å². The zero-order valence-corrected chi connectivity index (χ0v) is 11.4. The Morgan fingerprint density at radius 1 is 1.39 bits per heavy atom. The molecule has 4 nitrogen and oxygen atoms in total. The number of nitrogens with zero attached hydrogens (tertiary/aromatic N) is 2. The van der Waals surface area contributed by atoms with E-state index in [1.165, 1.54) is 0 Å². The van der Waals surface area contributed by atoms with E-state index >= 15 is 0 Å². The Balaban J connectivity index is 1.90. The van der Waals surface area contributed by atoms with Gasteiger partial charge in [0.25, 0.3) is 0 Å². The van der Waals surface area contributed by atoms with Crippen molar-refractivity contribution in [1.29, 1.82) is 0 Å². The molecule has 1 N–H and O–H groups in total. The van der Waals surface area contributed by atoms with Crippen LogP contribution in [0.1, 0.15) is 18.6 Å². The van der Waals surface area contributed by atoms with Gasteiger partial charge in [0.1, 0.15) is 0 Å². The first-order chi connectivity index (χ1) is 8.63. The fourth-order valence-electron chi connectivity index (χ4n) is 1.36. The summed E-state index contributed by atoms with van der Waals surface area (Å²) in [5.41, 5.74) is 0. The molecule has 0 radical (unpaired) electrons. The highest BCUT2D eigenvalue weighted by Crippen LogP contribution is 2.23. The van der Waals surface area contributed by atoms with E-state index in [2.05, 4.69) is 10.1 Å². The summed E-state index contributed by atoms with van der Waals surface area (Å²) in [5.74, 6) is 1.73. The van der Waals surface area contributed by atoms with Gasteiger partial charge in [0, 0.05) is 9.92 Å². The monoisotopic (exact) mass is 284 g/mol. The molecule has 0 spiro atoms. The van der Waals surface area contributed by atoms with Gasteiger partial charge in [-0.15, -0.1) is 11.8 Å². The zero-order chi connectivity index (χ0) is 13.0. The fraction of sp³-hybridized carbons (Fsp3) is 0.333. The number of hydrogen-bond acceptors (Lipinski definition) is 5. The Morgan fingerprint density at radius 3 is 2.78 bits per heavy atom. The molecule has 1 atom stereocenters. The van der Waals surface area contributed by atoms with Gasteiger partial charge in [0.05, 0.1) is 18.3 Å². The highest BCUT2D eigenvalue weighted by molar-refractivity contribution is 7.98. The molecule has 2 aromatic rings. The summed E-state index contributed by atoms with van der Waals surface area (Å²) >= 11 is 7.42. The van der Waals surface area contributed by atoms with Crippen LogP contribution in [-0.2, 0) is 12.2 Å². The number of aliphatic hydroxyl groups is 1. The van der Waals surface area contributed by atoms with Crippen LogP contribution in [0.15, 0.2) is 33.7 Å². The lowest BCUT2D eigenvalue weighted by Gasteiger charge is -1.98. The lowest BCUT2D eigenvalue weighted by molar-refractivity contribution is 0.181. The molecule has 0 aliphatic rings. The van der Waals surface area contributed by atoms with E-state index in [-0.39, 0.29) is 0 Å². The predicted octanol–water partition coefficient (Wildman–Crippen LogP) is 2.94. The van der Waals surface area contributed by atoms with Gasteiger partial charge in [-0.05, 0) is 31.2 Å². The zero-order valence-electron chi connectivity index (χ0n) is 9.84. The third-order valence-corrected chi connectivity index (χ3v) is 3.42. The molecule has 18 heavy (non-hydrogen) atoms. The van der Waals surface area contributed by atoms with Crippen LogP contribution in [0.25, 0.3) is 0 Å². The van der Waals surface area contributed by atoms with Crippen molar-refractivity contribution in [1.82, 2.24) is 10.1 Å². The predicted molar refractivity (Wildman–Crippen MR) is 70.7 cm³/mol. The average molecular weight is 285 g/mol. The largest absolute Gasteiger partial charge is 0.393 e. The molecule has 1 heterocycles. The van der Waals surface area contributed by atoms with Gasteiger partial charge in [0.15, 0.2) is 5.82 Å². The Labute approximate surface area is 114 Å². The summed E-state index contributed by atoms with van der Waals surface area (Å²) in [5, 5.41) is 13.8. The van der Waals surface area contributed by atoms with E-state index in [0.717, 1.165) is 9.92 Å². The molecular weight excluding hydrogens is 272 g/mol. The van der Waals surface area contributed by atoms with Crippen molar-refractivity contribution in [3.63, 3.8) is 0 Å². The van der Waals surface area contributed by atoms with Gasteiger partial charge < -0.3 is 9.63 Å².